The highest BCUT2D eigenvalue weighted by atomic mass is 32.2. The lowest BCUT2D eigenvalue weighted by Crippen LogP contribution is -2.53. The predicted octanol–water partition coefficient (Wildman–Crippen LogP) is 2.41. The van der Waals surface area contributed by atoms with E-state index in [1.807, 2.05) is 5.32 Å². The zero-order valence-corrected chi connectivity index (χ0v) is 20.1. The normalized spacial score (nSPS) is 16.4. The van der Waals surface area contributed by atoms with Crippen molar-refractivity contribution >= 4 is 21.7 Å². The summed E-state index contributed by atoms with van der Waals surface area (Å²) >= 11 is 0. The number of carbonyl (C=O) groups excluding carboxylic acids is 2. The van der Waals surface area contributed by atoms with E-state index in [2.05, 4.69) is 4.90 Å². The van der Waals surface area contributed by atoms with Crippen LogP contribution in [0.25, 0.3) is 0 Å². The number of sulfone groups is 1. The maximum atomic E-state index is 13.2. The Morgan fingerprint density at radius 1 is 0.943 bits per heavy atom. The first-order valence-corrected chi connectivity index (χ1v) is 13.0. The molecule has 1 fully saturated rings. The van der Waals surface area contributed by atoms with Crippen molar-refractivity contribution in [2.24, 2.45) is 0 Å². The van der Waals surface area contributed by atoms with Gasteiger partial charge in [0.1, 0.15) is 6.04 Å². The van der Waals surface area contributed by atoms with E-state index in [9.17, 15) is 31.2 Å². The van der Waals surface area contributed by atoms with Crippen molar-refractivity contribution in [3.63, 3.8) is 0 Å². The van der Waals surface area contributed by atoms with Gasteiger partial charge < -0.3 is 10.2 Å². The van der Waals surface area contributed by atoms with Gasteiger partial charge in [0.15, 0.2) is 9.84 Å². The maximum Gasteiger partial charge on any atom is 0.471 e. The average molecular weight is 512 g/mol. The van der Waals surface area contributed by atoms with Crippen molar-refractivity contribution in [2.75, 3.05) is 32.4 Å². The molecule has 1 heterocycles. The molecule has 0 saturated carbocycles. The second-order valence-electron chi connectivity index (χ2n) is 8.58. The number of nitrogens with one attached hydrogen (secondary N) is 1. The first kappa shape index (κ1) is 26.7. The number of hydrogen-bond donors (Lipinski definition) is 1. The molecule has 7 nitrogen and oxygen atoms in total. The molecule has 1 saturated heterocycles. The molecule has 0 aromatic heterocycles. The van der Waals surface area contributed by atoms with Gasteiger partial charge >= 0.3 is 12.1 Å². The summed E-state index contributed by atoms with van der Waals surface area (Å²) in [5, 5.41) is 1.87. The fourth-order valence-corrected chi connectivity index (χ4v) is 4.59. The van der Waals surface area contributed by atoms with Gasteiger partial charge in [-0.1, -0.05) is 42.5 Å². The molecule has 0 spiro atoms. The molecule has 0 radical (unpaired) electrons. The quantitative estimate of drug-likeness (QED) is 0.617. The summed E-state index contributed by atoms with van der Waals surface area (Å²) in [5.41, 5.74) is 1.55. The zero-order valence-electron chi connectivity index (χ0n) is 19.3. The molecule has 2 aromatic carbocycles. The van der Waals surface area contributed by atoms with Gasteiger partial charge in [0, 0.05) is 45.4 Å². The highest BCUT2D eigenvalue weighted by Crippen LogP contribution is 2.17. The molecule has 190 valence electrons. The van der Waals surface area contributed by atoms with Crippen molar-refractivity contribution in [1.82, 2.24) is 15.1 Å². The lowest BCUT2D eigenvalue weighted by molar-refractivity contribution is -0.175. The molecular weight excluding hydrogens is 483 g/mol. The first-order valence-electron chi connectivity index (χ1n) is 11.2. The third-order valence-corrected chi connectivity index (χ3v) is 6.93. The molecule has 2 aromatic rings. The van der Waals surface area contributed by atoms with E-state index in [1.54, 1.807) is 54.6 Å². The summed E-state index contributed by atoms with van der Waals surface area (Å²) in [6, 6.07) is 13.8. The van der Waals surface area contributed by atoms with Crippen LogP contribution >= 0.6 is 0 Å². The second kappa shape index (κ2) is 11.2. The molecule has 2 amide bonds. The second-order valence-corrected chi connectivity index (χ2v) is 10.6. The Morgan fingerprint density at radius 3 is 2.20 bits per heavy atom. The molecule has 1 aliphatic rings. The van der Waals surface area contributed by atoms with Crippen LogP contribution in [0.3, 0.4) is 0 Å². The molecule has 3 rings (SSSR count). The molecule has 1 aliphatic heterocycles. The summed E-state index contributed by atoms with van der Waals surface area (Å²) in [4.78, 5) is 28.6. The van der Waals surface area contributed by atoms with Crippen LogP contribution in [0.15, 0.2) is 59.5 Å². The Labute approximate surface area is 202 Å². The molecule has 1 atom stereocenters. The van der Waals surface area contributed by atoms with E-state index in [-0.39, 0.29) is 11.3 Å². The first-order chi connectivity index (χ1) is 16.4. The molecule has 0 aliphatic carbocycles. The summed E-state index contributed by atoms with van der Waals surface area (Å²) in [5.74, 6) is -2.69. The van der Waals surface area contributed by atoms with Crippen LogP contribution in [0.1, 0.15) is 17.5 Å². The number of nitrogens with zero attached hydrogens (tertiary/aromatic N) is 2. The van der Waals surface area contributed by atoms with Gasteiger partial charge in [0.2, 0.25) is 5.91 Å². The summed E-state index contributed by atoms with van der Waals surface area (Å²) in [6.45, 7) is 2.36. The van der Waals surface area contributed by atoms with Crippen LogP contribution in [0.4, 0.5) is 13.2 Å². The monoisotopic (exact) mass is 511 g/mol. The van der Waals surface area contributed by atoms with Crippen LogP contribution in [-0.4, -0.2) is 74.7 Å². The highest BCUT2D eigenvalue weighted by Gasteiger charge is 2.41. The Bertz CT molecular complexity index is 1120. The number of benzene rings is 2. The summed E-state index contributed by atoms with van der Waals surface area (Å²) in [7, 11) is -3.28. The van der Waals surface area contributed by atoms with E-state index in [1.165, 1.54) is 4.90 Å². The van der Waals surface area contributed by atoms with Crippen molar-refractivity contribution in [1.29, 1.82) is 0 Å². The predicted molar refractivity (Wildman–Crippen MR) is 124 cm³/mol. The molecule has 1 unspecified atom stereocenters. The zero-order chi connectivity index (χ0) is 25.6. The molecule has 1 N–H and O–H groups in total. The fourth-order valence-electron chi connectivity index (χ4n) is 3.96. The smallest absolute Gasteiger partial charge is 0.340 e. The molecule has 11 heteroatoms. The summed E-state index contributed by atoms with van der Waals surface area (Å²) < 4.78 is 61.9. The topological polar surface area (TPSA) is 86.8 Å². The van der Waals surface area contributed by atoms with Gasteiger partial charge in [-0.25, -0.2) is 8.42 Å². The number of amides is 2. The van der Waals surface area contributed by atoms with Crippen molar-refractivity contribution < 1.29 is 31.2 Å². The minimum atomic E-state index is -5.09. The van der Waals surface area contributed by atoms with Gasteiger partial charge in [-0.3, -0.25) is 14.5 Å². The standard InChI is InChI=1S/C24H28F3N3O4S/c1-35(33,34)20-10-8-19(9-11-20)17-29-12-5-13-30(15-14-29)22(31)21(28-23(32)24(25,26)27)16-18-6-3-2-4-7-18/h2-4,6-11,21H,5,12-17H2,1H3,(H,28,32). The number of hydrogen-bond acceptors (Lipinski definition) is 5. The van der Waals surface area contributed by atoms with Crippen LogP contribution in [-0.2, 0) is 32.4 Å². The van der Waals surface area contributed by atoms with Crippen molar-refractivity contribution in [3.8, 4) is 0 Å². The van der Waals surface area contributed by atoms with E-state index >= 15 is 0 Å². The van der Waals surface area contributed by atoms with Crippen LogP contribution in [0, 0.1) is 0 Å². The van der Waals surface area contributed by atoms with Gasteiger partial charge in [-0.15, -0.1) is 0 Å². The minimum absolute atomic E-state index is 0.0472. The summed E-state index contributed by atoms with van der Waals surface area (Å²) in [6.07, 6.45) is -3.38. The Hall–Kier alpha value is -2.92. The van der Waals surface area contributed by atoms with Crippen LogP contribution in [0.5, 0.6) is 0 Å². The van der Waals surface area contributed by atoms with Gasteiger partial charge in [-0.2, -0.15) is 13.2 Å². The van der Waals surface area contributed by atoms with Gasteiger partial charge in [0.05, 0.1) is 4.90 Å². The Morgan fingerprint density at radius 2 is 1.60 bits per heavy atom. The van der Waals surface area contributed by atoms with E-state index in [0.717, 1.165) is 11.8 Å². The Kier molecular flexibility index (Phi) is 8.55. The van der Waals surface area contributed by atoms with E-state index in [4.69, 9.17) is 0 Å². The SMILES string of the molecule is CS(=O)(=O)c1ccc(CN2CCCN(C(=O)C(Cc3ccccc3)NC(=O)C(F)(F)F)CC2)cc1. The molecule has 35 heavy (non-hydrogen) atoms. The average Bonchev–Trinajstić information content (AvgIpc) is 3.03. The molecule has 0 bridgehead atoms. The number of alkyl halides is 3. The number of halogens is 3. The van der Waals surface area contributed by atoms with E-state index in [0.29, 0.717) is 44.7 Å². The third kappa shape index (κ3) is 7.79. The Balaban J connectivity index is 1.66. The number of rotatable bonds is 7. The van der Waals surface area contributed by atoms with E-state index < -0.39 is 33.9 Å². The molecular formula is C24H28F3N3O4S. The van der Waals surface area contributed by atoms with Gasteiger partial charge in [0.25, 0.3) is 0 Å². The van der Waals surface area contributed by atoms with Gasteiger partial charge in [-0.05, 0) is 29.7 Å². The number of carbonyl (C=O) groups is 2. The van der Waals surface area contributed by atoms with Crippen molar-refractivity contribution in [3.05, 3.63) is 65.7 Å². The lowest BCUT2D eigenvalue weighted by Gasteiger charge is -2.27. The van der Waals surface area contributed by atoms with Crippen LogP contribution < -0.4 is 5.32 Å². The maximum absolute atomic E-state index is 13.2. The van der Waals surface area contributed by atoms with Crippen LogP contribution in [0.2, 0.25) is 0 Å². The fraction of sp³-hybridized carbons (Fsp3) is 0.417. The highest BCUT2D eigenvalue weighted by molar-refractivity contribution is 7.90. The largest absolute Gasteiger partial charge is 0.471 e. The minimum Gasteiger partial charge on any atom is -0.340 e. The third-order valence-electron chi connectivity index (χ3n) is 5.80. The lowest BCUT2D eigenvalue weighted by atomic mass is 10.0. The van der Waals surface area contributed by atoms with Crippen molar-refractivity contribution in [2.45, 2.75) is 36.5 Å².